The average molecular weight is 323 g/mol. The van der Waals surface area contributed by atoms with Crippen LogP contribution in [0.5, 0.6) is 0 Å². The zero-order valence-electron chi connectivity index (χ0n) is 14.0. The summed E-state index contributed by atoms with van der Waals surface area (Å²) in [6.45, 7) is 3.46. The van der Waals surface area contributed by atoms with Crippen LogP contribution >= 0.6 is 0 Å². The molecule has 2 aromatic heterocycles. The first kappa shape index (κ1) is 15.5. The largest absolute Gasteiger partial charge is 0.469 e. The molecule has 1 saturated heterocycles. The van der Waals surface area contributed by atoms with Gasteiger partial charge in [0.05, 0.1) is 6.26 Å². The van der Waals surface area contributed by atoms with Gasteiger partial charge in [0.2, 0.25) is 0 Å². The van der Waals surface area contributed by atoms with Crippen molar-refractivity contribution in [3.05, 3.63) is 59.7 Å². The van der Waals surface area contributed by atoms with Crippen LogP contribution in [-0.2, 0) is 13.0 Å². The summed E-state index contributed by atoms with van der Waals surface area (Å²) >= 11 is 0. The van der Waals surface area contributed by atoms with Gasteiger partial charge >= 0.3 is 0 Å². The molecule has 24 heavy (non-hydrogen) atoms. The molecule has 0 radical (unpaired) electrons. The Morgan fingerprint density at radius 3 is 2.83 bits per heavy atom. The fourth-order valence-electron chi connectivity index (χ4n) is 3.63. The molecule has 3 heterocycles. The Labute approximate surface area is 142 Å². The van der Waals surface area contributed by atoms with E-state index >= 15 is 0 Å². The summed E-state index contributed by atoms with van der Waals surface area (Å²) in [6.07, 6.45) is 6.14. The van der Waals surface area contributed by atoms with Crippen LogP contribution in [-0.4, -0.2) is 23.0 Å². The fraction of sp³-hybridized carbons (Fsp3) is 0.400. The van der Waals surface area contributed by atoms with Gasteiger partial charge in [0.25, 0.3) is 0 Å². The van der Waals surface area contributed by atoms with Gasteiger partial charge in [0.1, 0.15) is 5.76 Å². The number of nitrogens with zero attached hydrogens (tertiary/aromatic N) is 1. The number of rotatable bonds is 6. The third-order valence-corrected chi connectivity index (χ3v) is 5.00. The van der Waals surface area contributed by atoms with Gasteiger partial charge in [0, 0.05) is 35.6 Å². The first-order chi connectivity index (χ1) is 11.8. The molecule has 1 atom stereocenters. The molecular formula is C20H25N3O. The molecule has 4 rings (SSSR count). The third kappa shape index (κ3) is 3.40. The van der Waals surface area contributed by atoms with Crippen molar-refractivity contribution in [1.29, 1.82) is 0 Å². The molecular weight excluding hydrogens is 298 g/mol. The van der Waals surface area contributed by atoms with Gasteiger partial charge in [-0.2, -0.15) is 0 Å². The highest BCUT2D eigenvalue weighted by Crippen LogP contribution is 2.24. The van der Waals surface area contributed by atoms with E-state index in [1.807, 2.05) is 12.1 Å². The minimum atomic E-state index is 0.0384. The Hall–Kier alpha value is -2.04. The van der Waals surface area contributed by atoms with Crippen LogP contribution in [0.15, 0.2) is 47.1 Å². The minimum absolute atomic E-state index is 0.0384. The Balaban J connectivity index is 1.45. The summed E-state index contributed by atoms with van der Waals surface area (Å²) in [5.41, 5.74) is 10.1. The van der Waals surface area contributed by atoms with E-state index in [4.69, 9.17) is 10.2 Å². The number of aromatic amines is 1. The van der Waals surface area contributed by atoms with Crippen molar-refractivity contribution >= 4 is 10.9 Å². The fourth-order valence-corrected chi connectivity index (χ4v) is 3.63. The summed E-state index contributed by atoms with van der Waals surface area (Å²) in [5, 5.41) is 1.26. The van der Waals surface area contributed by atoms with Crippen LogP contribution in [0, 0.1) is 0 Å². The lowest BCUT2D eigenvalue weighted by Gasteiger charge is -2.12. The second-order valence-electron chi connectivity index (χ2n) is 6.85. The number of likely N-dealkylation sites (tertiary alicyclic amines) is 1. The summed E-state index contributed by atoms with van der Waals surface area (Å²) < 4.78 is 5.39. The minimum Gasteiger partial charge on any atom is -0.469 e. The second kappa shape index (κ2) is 6.83. The maximum absolute atomic E-state index is 6.38. The van der Waals surface area contributed by atoms with Crippen LogP contribution in [0.4, 0.5) is 0 Å². The average Bonchev–Trinajstić information content (AvgIpc) is 3.33. The predicted molar refractivity (Wildman–Crippen MR) is 96.8 cm³/mol. The molecule has 126 valence electrons. The molecule has 1 aromatic carbocycles. The molecule has 0 bridgehead atoms. The number of furan rings is 1. The topological polar surface area (TPSA) is 58.2 Å². The summed E-state index contributed by atoms with van der Waals surface area (Å²) in [7, 11) is 0. The Kier molecular flexibility index (Phi) is 4.41. The lowest BCUT2D eigenvalue weighted by molar-refractivity contribution is 0.328. The van der Waals surface area contributed by atoms with Gasteiger partial charge in [-0.05, 0) is 68.2 Å². The third-order valence-electron chi connectivity index (χ3n) is 5.00. The smallest absolute Gasteiger partial charge is 0.103 e. The van der Waals surface area contributed by atoms with Gasteiger partial charge in [0.15, 0.2) is 0 Å². The molecule has 0 amide bonds. The van der Waals surface area contributed by atoms with Crippen molar-refractivity contribution in [2.75, 3.05) is 13.1 Å². The molecule has 0 saturated carbocycles. The highest BCUT2D eigenvalue weighted by molar-refractivity contribution is 5.81. The van der Waals surface area contributed by atoms with Gasteiger partial charge in [-0.3, -0.25) is 4.90 Å². The van der Waals surface area contributed by atoms with E-state index in [0.717, 1.165) is 25.1 Å². The summed E-state index contributed by atoms with van der Waals surface area (Å²) in [5.74, 6) is 1.00. The number of aryl methyl sites for hydroxylation is 1. The van der Waals surface area contributed by atoms with E-state index in [-0.39, 0.29) is 6.04 Å². The Bertz CT molecular complexity index is 784. The van der Waals surface area contributed by atoms with E-state index in [2.05, 4.69) is 34.1 Å². The Morgan fingerprint density at radius 2 is 2.04 bits per heavy atom. The van der Waals surface area contributed by atoms with Crippen LogP contribution in [0.2, 0.25) is 0 Å². The van der Waals surface area contributed by atoms with E-state index in [0.29, 0.717) is 0 Å². The molecule has 1 aliphatic rings. The predicted octanol–water partition coefficient (Wildman–Crippen LogP) is 3.99. The molecule has 0 aliphatic carbocycles. The van der Waals surface area contributed by atoms with Crippen LogP contribution in [0.3, 0.4) is 0 Å². The molecule has 4 nitrogen and oxygen atoms in total. The molecule has 1 fully saturated rings. The number of benzene rings is 1. The number of fused-ring (bicyclic) bond motifs is 1. The van der Waals surface area contributed by atoms with Crippen molar-refractivity contribution in [2.45, 2.75) is 38.3 Å². The maximum Gasteiger partial charge on any atom is 0.103 e. The molecule has 3 N–H and O–H groups in total. The van der Waals surface area contributed by atoms with Crippen molar-refractivity contribution in [1.82, 2.24) is 9.88 Å². The van der Waals surface area contributed by atoms with Crippen molar-refractivity contribution in [3.8, 4) is 0 Å². The molecule has 4 heteroatoms. The van der Waals surface area contributed by atoms with Gasteiger partial charge in [-0.1, -0.05) is 6.07 Å². The Morgan fingerprint density at radius 1 is 1.17 bits per heavy atom. The lowest BCUT2D eigenvalue weighted by Crippen LogP contribution is -2.18. The van der Waals surface area contributed by atoms with Crippen LogP contribution in [0.1, 0.15) is 42.3 Å². The second-order valence-corrected chi connectivity index (χ2v) is 6.85. The zero-order valence-corrected chi connectivity index (χ0v) is 14.0. The number of nitrogens with two attached hydrogens (primary N) is 1. The first-order valence-corrected chi connectivity index (χ1v) is 8.90. The lowest BCUT2D eigenvalue weighted by atomic mass is 10.0. The SMILES string of the molecule is NC(CCc1ccco1)c1ccc2[nH]c(CN3CCCC3)cc2c1. The molecule has 1 aliphatic heterocycles. The van der Waals surface area contributed by atoms with Gasteiger partial charge in [-0.25, -0.2) is 0 Å². The molecule has 1 unspecified atom stereocenters. The number of aromatic nitrogens is 1. The number of nitrogens with one attached hydrogen (secondary N) is 1. The summed E-state index contributed by atoms with van der Waals surface area (Å²) in [6, 6.07) is 12.8. The molecule has 3 aromatic rings. The first-order valence-electron chi connectivity index (χ1n) is 8.90. The monoisotopic (exact) mass is 323 g/mol. The van der Waals surface area contributed by atoms with E-state index in [1.54, 1.807) is 6.26 Å². The molecule has 0 spiro atoms. The van der Waals surface area contributed by atoms with Gasteiger partial charge in [-0.15, -0.1) is 0 Å². The van der Waals surface area contributed by atoms with Crippen molar-refractivity contribution < 1.29 is 4.42 Å². The van der Waals surface area contributed by atoms with Crippen LogP contribution in [0.25, 0.3) is 10.9 Å². The maximum atomic E-state index is 6.38. The standard InChI is InChI=1S/C20H25N3O/c21-19(7-6-18-4-3-11-24-18)15-5-8-20-16(12-15)13-17(22-20)14-23-9-1-2-10-23/h3-5,8,11-13,19,22H,1-2,6-7,9-10,14,21H2. The number of hydrogen-bond acceptors (Lipinski definition) is 3. The van der Waals surface area contributed by atoms with Crippen molar-refractivity contribution in [2.24, 2.45) is 5.73 Å². The zero-order chi connectivity index (χ0) is 16.4. The quantitative estimate of drug-likeness (QED) is 0.721. The number of H-pyrrole nitrogens is 1. The number of hydrogen-bond donors (Lipinski definition) is 2. The van der Waals surface area contributed by atoms with Crippen molar-refractivity contribution in [3.63, 3.8) is 0 Å². The van der Waals surface area contributed by atoms with E-state index < -0.39 is 0 Å². The summed E-state index contributed by atoms with van der Waals surface area (Å²) in [4.78, 5) is 6.06. The normalized spacial score (nSPS) is 16.9. The highest BCUT2D eigenvalue weighted by atomic mass is 16.3. The van der Waals surface area contributed by atoms with E-state index in [1.165, 1.54) is 48.1 Å². The van der Waals surface area contributed by atoms with Gasteiger partial charge < -0.3 is 15.1 Å². The highest BCUT2D eigenvalue weighted by Gasteiger charge is 2.14. The van der Waals surface area contributed by atoms with E-state index in [9.17, 15) is 0 Å². The van der Waals surface area contributed by atoms with Crippen LogP contribution < -0.4 is 5.73 Å².